The molecule has 3 rings (SSSR count). The average molecular weight is 325 g/mol. The van der Waals surface area contributed by atoms with Gasteiger partial charge in [-0.15, -0.1) is 11.3 Å². The minimum atomic E-state index is -0.0756. The lowest BCUT2D eigenvalue weighted by Crippen LogP contribution is -2.12. The first kappa shape index (κ1) is 12.1. The molecule has 0 atom stereocenters. The van der Waals surface area contributed by atoms with Crippen LogP contribution in [-0.2, 0) is 6.42 Å². The molecule has 2 aromatic rings. The molecule has 0 aromatic carbocycles. The van der Waals surface area contributed by atoms with Gasteiger partial charge in [0.2, 0.25) is 0 Å². The van der Waals surface area contributed by atoms with E-state index in [9.17, 15) is 4.79 Å². The Labute approximate surface area is 117 Å². The zero-order chi connectivity index (χ0) is 12.7. The van der Waals surface area contributed by atoms with Gasteiger partial charge >= 0.3 is 0 Å². The lowest BCUT2D eigenvalue weighted by atomic mass is 10.2. The first-order valence-electron chi connectivity index (χ1n) is 6.08. The molecule has 18 heavy (non-hydrogen) atoms. The number of halogens is 1. The number of rotatable bonds is 3. The standard InChI is InChI=1S/C13H13BrN2OS/c1-2-8-5-6-9(18-8)12-15-11(7-3-4-7)10(14)13(17)16-12/h5-7H,2-4H2,1H3,(H,15,16,17). The van der Waals surface area contributed by atoms with Crippen molar-refractivity contribution in [2.75, 3.05) is 0 Å². The summed E-state index contributed by atoms with van der Waals surface area (Å²) >= 11 is 5.04. The van der Waals surface area contributed by atoms with Crippen LogP contribution in [0.3, 0.4) is 0 Å². The van der Waals surface area contributed by atoms with Gasteiger partial charge in [-0.2, -0.15) is 0 Å². The molecule has 1 aliphatic rings. The highest BCUT2D eigenvalue weighted by Crippen LogP contribution is 2.41. The molecule has 1 aliphatic carbocycles. The summed E-state index contributed by atoms with van der Waals surface area (Å²) in [6.07, 6.45) is 3.29. The van der Waals surface area contributed by atoms with Gasteiger partial charge in [-0.3, -0.25) is 4.79 Å². The second-order valence-electron chi connectivity index (χ2n) is 4.51. The van der Waals surface area contributed by atoms with Crippen LogP contribution in [0.15, 0.2) is 21.4 Å². The third-order valence-electron chi connectivity index (χ3n) is 3.10. The van der Waals surface area contributed by atoms with Gasteiger partial charge in [0.15, 0.2) is 5.82 Å². The van der Waals surface area contributed by atoms with E-state index >= 15 is 0 Å². The molecule has 2 heterocycles. The summed E-state index contributed by atoms with van der Waals surface area (Å²) in [6, 6.07) is 4.13. The molecule has 0 amide bonds. The van der Waals surface area contributed by atoms with Crippen LogP contribution >= 0.6 is 27.3 Å². The minimum Gasteiger partial charge on any atom is -0.305 e. The molecule has 3 nitrogen and oxygen atoms in total. The summed E-state index contributed by atoms with van der Waals surface area (Å²) < 4.78 is 0.598. The number of aromatic nitrogens is 2. The van der Waals surface area contributed by atoms with E-state index < -0.39 is 0 Å². The number of thiophene rings is 1. The van der Waals surface area contributed by atoms with Crippen LogP contribution < -0.4 is 5.56 Å². The number of nitrogens with zero attached hydrogens (tertiary/aromatic N) is 1. The van der Waals surface area contributed by atoms with Crippen molar-refractivity contribution in [2.24, 2.45) is 0 Å². The molecule has 0 unspecified atom stereocenters. The first-order chi connectivity index (χ1) is 8.69. The molecule has 0 spiro atoms. The Hall–Kier alpha value is -0.940. The van der Waals surface area contributed by atoms with Crippen molar-refractivity contribution >= 4 is 27.3 Å². The maximum Gasteiger partial charge on any atom is 0.265 e. The number of hydrogen-bond donors (Lipinski definition) is 1. The molecule has 0 bridgehead atoms. The molecule has 1 saturated carbocycles. The largest absolute Gasteiger partial charge is 0.305 e. The van der Waals surface area contributed by atoms with E-state index in [4.69, 9.17) is 0 Å². The Kier molecular flexibility index (Phi) is 3.11. The minimum absolute atomic E-state index is 0.0756. The van der Waals surface area contributed by atoms with E-state index in [2.05, 4.69) is 38.9 Å². The second kappa shape index (κ2) is 4.63. The summed E-state index contributed by atoms with van der Waals surface area (Å²) in [5.41, 5.74) is 0.841. The maximum absolute atomic E-state index is 11.9. The average Bonchev–Trinajstić information content (AvgIpc) is 3.09. The predicted molar refractivity (Wildman–Crippen MR) is 77.2 cm³/mol. The van der Waals surface area contributed by atoms with Crippen molar-refractivity contribution < 1.29 is 0 Å². The third-order valence-corrected chi connectivity index (χ3v) is 5.10. The number of aryl methyl sites for hydroxylation is 1. The van der Waals surface area contributed by atoms with E-state index in [1.165, 1.54) is 4.88 Å². The highest BCUT2D eigenvalue weighted by atomic mass is 79.9. The molecule has 0 saturated heterocycles. The molecule has 1 fully saturated rings. The smallest absolute Gasteiger partial charge is 0.265 e. The second-order valence-corrected chi connectivity index (χ2v) is 6.47. The van der Waals surface area contributed by atoms with E-state index in [0.29, 0.717) is 16.2 Å². The zero-order valence-corrected chi connectivity index (χ0v) is 12.4. The van der Waals surface area contributed by atoms with E-state index in [-0.39, 0.29) is 5.56 Å². The number of H-pyrrole nitrogens is 1. The quantitative estimate of drug-likeness (QED) is 0.935. The van der Waals surface area contributed by atoms with Gasteiger partial charge in [0.25, 0.3) is 5.56 Å². The lowest BCUT2D eigenvalue weighted by molar-refractivity contribution is 0.962. The van der Waals surface area contributed by atoms with Crippen molar-refractivity contribution in [3.8, 4) is 10.7 Å². The summed E-state index contributed by atoms with van der Waals surface area (Å²) in [5, 5.41) is 0. The highest BCUT2D eigenvalue weighted by Gasteiger charge is 2.29. The van der Waals surface area contributed by atoms with Gasteiger partial charge in [0.1, 0.15) is 4.47 Å². The summed E-state index contributed by atoms with van der Waals surface area (Å²) in [5.74, 6) is 1.17. The molecular weight excluding hydrogens is 312 g/mol. The fourth-order valence-electron chi connectivity index (χ4n) is 1.92. The molecule has 2 aromatic heterocycles. The Morgan fingerprint density at radius 1 is 1.50 bits per heavy atom. The molecular formula is C13H13BrN2OS. The predicted octanol–water partition coefficient (Wildman–Crippen LogP) is 3.70. The lowest BCUT2D eigenvalue weighted by Gasteiger charge is -2.03. The van der Waals surface area contributed by atoms with Gasteiger partial charge in [0.05, 0.1) is 10.6 Å². The zero-order valence-electron chi connectivity index (χ0n) is 10.00. The SMILES string of the molecule is CCc1ccc(-c2nc(C3CC3)c(Br)c(=O)[nH]2)s1. The van der Waals surface area contributed by atoms with Crippen molar-refractivity contribution in [1.82, 2.24) is 9.97 Å². The molecule has 94 valence electrons. The van der Waals surface area contributed by atoms with Crippen LogP contribution in [0.2, 0.25) is 0 Å². The molecule has 0 aliphatic heterocycles. The van der Waals surface area contributed by atoms with Crippen LogP contribution in [0.1, 0.15) is 36.3 Å². The monoisotopic (exact) mass is 324 g/mol. The number of hydrogen-bond acceptors (Lipinski definition) is 3. The van der Waals surface area contributed by atoms with Crippen LogP contribution in [0.4, 0.5) is 0 Å². The van der Waals surface area contributed by atoms with Crippen molar-refractivity contribution in [3.63, 3.8) is 0 Å². The van der Waals surface area contributed by atoms with E-state index in [1.54, 1.807) is 11.3 Å². The van der Waals surface area contributed by atoms with Crippen molar-refractivity contribution in [3.05, 3.63) is 37.5 Å². The number of nitrogens with one attached hydrogen (secondary N) is 1. The first-order valence-corrected chi connectivity index (χ1v) is 7.68. The fraction of sp³-hybridized carbons (Fsp3) is 0.385. The van der Waals surface area contributed by atoms with Crippen LogP contribution in [0.5, 0.6) is 0 Å². The summed E-state index contributed by atoms with van der Waals surface area (Å²) in [7, 11) is 0. The molecule has 0 radical (unpaired) electrons. The van der Waals surface area contributed by atoms with E-state index in [0.717, 1.165) is 29.8 Å². The van der Waals surface area contributed by atoms with Gasteiger partial charge in [-0.05, 0) is 47.3 Å². The van der Waals surface area contributed by atoms with E-state index in [1.807, 2.05) is 6.07 Å². The van der Waals surface area contributed by atoms with Crippen LogP contribution in [0, 0.1) is 0 Å². The summed E-state index contributed by atoms with van der Waals surface area (Å²) in [4.78, 5) is 21.7. The van der Waals surface area contributed by atoms with Crippen LogP contribution in [0.25, 0.3) is 10.7 Å². The summed E-state index contributed by atoms with van der Waals surface area (Å²) in [6.45, 7) is 2.13. The fourth-order valence-corrected chi connectivity index (χ4v) is 3.32. The van der Waals surface area contributed by atoms with Gasteiger partial charge in [-0.25, -0.2) is 4.98 Å². The maximum atomic E-state index is 11.9. The van der Waals surface area contributed by atoms with Gasteiger partial charge in [0, 0.05) is 10.8 Å². The topological polar surface area (TPSA) is 45.8 Å². The number of aromatic amines is 1. The van der Waals surface area contributed by atoms with Crippen LogP contribution in [-0.4, -0.2) is 9.97 Å². The Balaban J connectivity index is 2.09. The third kappa shape index (κ3) is 2.17. The van der Waals surface area contributed by atoms with Crippen molar-refractivity contribution in [1.29, 1.82) is 0 Å². The molecule has 1 N–H and O–H groups in total. The van der Waals surface area contributed by atoms with Gasteiger partial charge in [-0.1, -0.05) is 6.92 Å². The Morgan fingerprint density at radius 3 is 2.89 bits per heavy atom. The molecule has 5 heteroatoms. The highest BCUT2D eigenvalue weighted by molar-refractivity contribution is 9.10. The van der Waals surface area contributed by atoms with Gasteiger partial charge < -0.3 is 4.98 Å². The Morgan fingerprint density at radius 2 is 2.28 bits per heavy atom. The Bertz CT molecular complexity index is 643. The normalized spacial score (nSPS) is 15.0. The van der Waals surface area contributed by atoms with Crippen molar-refractivity contribution in [2.45, 2.75) is 32.1 Å².